The molecule has 1 aromatic rings. The van der Waals surface area contributed by atoms with Crippen LogP contribution in [-0.2, 0) is 19.0 Å². The summed E-state index contributed by atoms with van der Waals surface area (Å²) in [6.07, 6.45) is 5.22. The Bertz CT molecular complexity index is 923. The molecule has 4 aliphatic rings. The van der Waals surface area contributed by atoms with Gasteiger partial charge in [-0.1, -0.05) is 56.3 Å². The van der Waals surface area contributed by atoms with Gasteiger partial charge >= 0.3 is 5.97 Å². The van der Waals surface area contributed by atoms with E-state index in [2.05, 4.69) is 32.6 Å². The molecule has 2 aliphatic heterocycles. The molecular formula is C27H34O5. The molecule has 5 heteroatoms. The van der Waals surface area contributed by atoms with Crippen LogP contribution in [0.3, 0.4) is 0 Å². The Labute approximate surface area is 190 Å². The van der Waals surface area contributed by atoms with E-state index in [0.29, 0.717) is 24.5 Å². The van der Waals surface area contributed by atoms with E-state index in [1.54, 1.807) is 6.08 Å². The lowest BCUT2D eigenvalue weighted by atomic mass is 9.45. The third-order valence-corrected chi connectivity index (χ3v) is 8.79. The number of aliphatic hydroxyl groups is 1. The number of aliphatic hydroxyl groups excluding tert-OH is 1. The SMILES string of the molecule is C=C1CC[C@@H]2[C@]3(C)COC(c4ccccc4)O[C@@H]3CC[C@@]2(C)[C@@H]1CC(O)C1=CCOC1=O. The van der Waals surface area contributed by atoms with Crippen molar-refractivity contribution in [3.8, 4) is 0 Å². The van der Waals surface area contributed by atoms with Crippen LogP contribution in [0.5, 0.6) is 0 Å². The number of benzene rings is 1. The van der Waals surface area contributed by atoms with Crippen molar-refractivity contribution in [3.63, 3.8) is 0 Å². The lowest BCUT2D eigenvalue weighted by Gasteiger charge is -2.62. The van der Waals surface area contributed by atoms with E-state index < -0.39 is 12.1 Å². The van der Waals surface area contributed by atoms with Gasteiger partial charge < -0.3 is 19.3 Å². The van der Waals surface area contributed by atoms with Crippen molar-refractivity contribution in [2.75, 3.05) is 13.2 Å². The maximum Gasteiger partial charge on any atom is 0.336 e. The third kappa shape index (κ3) is 3.46. The minimum Gasteiger partial charge on any atom is -0.458 e. The average molecular weight is 439 g/mol. The smallest absolute Gasteiger partial charge is 0.336 e. The fourth-order valence-electron chi connectivity index (χ4n) is 7.05. The van der Waals surface area contributed by atoms with Gasteiger partial charge in [0.05, 0.1) is 24.4 Å². The Morgan fingerprint density at radius 3 is 2.69 bits per heavy atom. The van der Waals surface area contributed by atoms with Gasteiger partial charge in [-0.25, -0.2) is 4.79 Å². The van der Waals surface area contributed by atoms with Gasteiger partial charge in [0.1, 0.15) is 6.61 Å². The summed E-state index contributed by atoms with van der Waals surface area (Å²) in [7, 11) is 0. The van der Waals surface area contributed by atoms with Crippen molar-refractivity contribution < 1.29 is 24.1 Å². The van der Waals surface area contributed by atoms with Crippen LogP contribution < -0.4 is 0 Å². The molecule has 2 unspecified atom stereocenters. The van der Waals surface area contributed by atoms with Gasteiger partial charge in [-0.2, -0.15) is 0 Å². The fraction of sp³-hybridized carbons (Fsp3) is 0.593. The van der Waals surface area contributed by atoms with Crippen molar-refractivity contribution in [3.05, 3.63) is 59.7 Å². The molecule has 32 heavy (non-hydrogen) atoms. The van der Waals surface area contributed by atoms with Crippen LogP contribution in [0.1, 0.15) is 57.8 Å². The van der Waals surface area contributed by atoms with E-state index in [-0.39, 0.29) is 35.7 Å². The van der Waals surface area contributed by atoms with E-state index in [0.717, 1.165) is 31.2 Å². The summed E-state index contributed by atoms with van der Waals surface area (Å²) in [5.41, 5.74) is 2.55. The molecule has 172 valence electrons. The zero-order valence-electron chi connectivity index (χ0n) is 19.1. The highest BCUT2D eigenvalue weighted by molar-refractivity contribution is 5.91. The summed E-state index contributed by atoms with van der Waals surface area (Å²) in [5.74, 6) is 0.158. The van der Waals surface area contributed by atoms with Gasteiger partial charge in [-0.3, -0.25) is 0 Å². The number of esters is 1. The third-order valence-electron chi connectivity index (χ3n) is 8.79. The summed E-state index contributed by atoms with van der Waals surface area (Å²) in [6.45, 7) is 9.99. The molecule has 2 aliphatic carbocycles. The molecule has 1 saturated heterocycles. The molecule has 0 spiro atoms. The number of hydrogen-bond acceptors (Lipinski definition) is 5. The summed E-state index contributed by atoms with van der Waals surface area (Å²) < 4.78 is 17.9. The number of cyclic esters (lactones) is 1. The lowest BCUT2D eigenvalue weighted by Crippen LogP contribution is -2.60. The van der Waals surface area contributed by atoms with Crippen LogP contribution in [0.4, 0.5) is 0 Å². The number of rotatable bonds is 4. The zero-order valence-corrected chi connectivity index (χ0v) is 19.1. The molecule has 3 fully saturated rings. The second-order valence-electron chi connectivity index (χ2n) is 10.5. The first-order valence-electron chi connectivity index (χ1n) is 11.9. The summed E-state index contributed by atoms with van der Waals surface area (Å²) >= 11 is 0. The van der Waals surface area contributed by atoms with Crippen LogP contribution in [0.2, 0.25) is 0 Å². The first-order valence-corrected chi connectivity index (χ1v) is 11.9. The fourth-order valence-corrected chi connectivity index (χ4v) is 7.05. The van der Waals surface area contributed by atoms with E-state index in [4.69, 9.17) is 14.2 Å². The highest BCUT2D eigenvalue weighted by Crippen LogP contribution is 2.64. The van der Waals surface area contributed by atoms with Gasteiger partial charge in [0.2, 0.25) is 0 Å². The molecule has 0 aromatic heterocycles. The maximum atomic E-state index is 12.0. The number of carbonyl (C=O) groups excluding carboxylic acids is 1. The number of fused-ring (bicyclic) bond motifs is 3. The van der Waals surface area contributed by atoms with Crippen LogP contribution in [0, 0.1) is 22.7 Å². The highest BCUT2D eigenvalue weighted by atomic mass is 16.7. The van der Waals surface area contributed by atoms with Gasteiger partial charge in [-0.15, -0.1) is 0 Å². The van der Waals surface area contributed by atoms with Crippen LogP contribution in [0.15, 0.2) is 54.1 Å². The topological polar surface area (TPSA) is 65.0 Å². The minimum absolute atomic E-state index is 0.0169. The molecule has 2 saturated carbocycles. The van der Waals surface area contributed by atoms with E-state index in [1.807, 2.05) is 18.2 Å². The van der Waals surface area contributed by atoms with E-state index >= 15 is 0 Å². The van der Waals surface area contributed by atoms with E-state index in [9.17, 15) is 9.90 Å². The highest BCUT2D eigenvalue weighted by Gasteiger charge is 2.60. The maximum absolute atomic E-state index is 12.0. The quantitative estimate of drug-likeness (QED) is 0.544. The van der Waals surface area contributed by atoms with Crippen molar-refractivity contribution in [1.29, 1.82) is 0 Å². The Morgan fingerprint density at radius 1 is 1.19 bits per heavy atom. The number of carbonyl (C=O) groups is 1. The summed E-state index contributed by atoms with van der Waals surface area (Å²) in [6, 6.07) is 10.2. The summed E-state index contributed by atoms with van der Waals surface area (Å²) in [4.78, 5) is 12.0. The largest absolute Gasteiger partial charge is 0.458 e. The van der Waals surface area contributed by atoms with Crippen molar-refractivity contribution in [2.24, 2.45) is 22.7 Å². The van der Waals surface area contributed by atoms with Crippen LogP contribution in [-0.4, -0.2) is 36.5 Å². The second-order valence-corrected chi connectivity index (χ2v) is 10.5. The summed E-state index contributed by atoms with van der Waals surface area (Å²) in [5, 5.41) is 10.9. The lowest BCUT2D eigenvalue weighted by molar-refractivity contribution is -0.307. The average Bonchev–Trinajstić information content (AvgIpc) is 3.22. The van der Waals surface area contributed by atoms with Crippen molar-refractivity contribution >= 4 is 5.97 Å². The number of allylic oxidation sites excluding steroid dienone is 1. The molecule has 1 N–H and O–H groups in total. The number of ether oxygens (including phenoxy) is 3. The normalized spacial score (nSPS) is 40.2. The Morgan fingerprint density at radius 2 is 1.97 bits per heavy atom. The van der Waals surface area contributed by atoms with Gasteiger partial charge in [0.15, 0.2) is 6.29 Å². The Balaban J connectivity index is 1.37. The molecule has 0 bridgehead atoms. The molecule has 5 rings (SSSR count). The molecule has 7 atom stereocenters. The van der Waals surface area contributed by atoms with Gasteiger partial charge in [0, 0.05) is 11.0 Å². The standard InChI is InChI=1S/C27H34O5/c1-17-9-10-22-26(2,20(17)15-21(28)19-12-14-30-24(19)29)13-11-23-27(22,3)16-31-25(32-23)18-7-5-4-6-8-18/h4-8,12,20-23,25,28H,1,9-11,13-16H2,2-3H3/t20-,21?,22+,23-,25?,26+,27+/m1/s1. The Kier molecular flexibility index (Phi) is 5.55. The second kappa shape index (κ2) is 8.12. The van der Waals surface area contributed by atoms with E-state index in [1.165, 1.54) is 5.57 Å². The minimum atomic E-state index is -0.811. The molecule has 2 heterocycles. The van der Waals surface area contributed by atoms with Crippen LogP contribution in [0.25, 0.3) is 0 Å². The number of hydrogen-bond donors (Lipinski definition) is 1. The monoisotopic (exact) mass is 438 g/mol. The zero-order chi connectivity index (χ0) is 22.5. The first-order chi connectivity index (χ1) is 15.3. The van der Waals surface area contributed by atoms with Crippen LogP contribution >= 0.6 is 0 Å². The predicted octanol–water partition coefficient (Wildman–Crippen LogP) is 4.72. The van der Waals surface area contributed by atoms with Gasteiger partial charge in [0.25, 0.3) is 0 Å². The molecule has 0 amide bonds. The van der Waals surface area contributed by atoms with Crippen molar-refractivity contribution in [1.82, 2.24) is 0 Å². The van der Waals surface area contributed by atoms with Crippen molar-refractivity contribution in [2.45, 2.75) is 64.4 Å². The first kappa shape index (κ1) is 21.9. The molecule has 0 radical (unpaired) electrons. The van der Waals surface area contributed by atoms with Gasteiger partial charge in [-0.05, 0) is 55.4 Å². The molecule has 5 nitrogen and oxygen atoms in total. The predicted molar refractivity (Wildman–Crippen MR) is 120 cm³/mol. The molecule has 1 aromatic carbocycles. The molecular weight excluding hydrogens is 404 g/mol. The Hall–Kier alpha value is -1.95.